The minimum Gasteiger partial charge on any atom is -0.494 e. The largest absolute Gasteiger partial charge is 0.494 e. The molecule has 1 saturated heterocycles. The number of carbonyl (C=O) groups is 3. The van der Waals surface area contributed by atoms with Crippen molar-refractivity contribution in [3.8, 4) is 5.75 Å². The van der Waals surface area contributed by atoms with E-state index in [0.717, 1.165) is 24.3 Å². The van der Waals surface area contributed by atoms with Crippen LogP contribution in [0.15, 0.2) is 24.3 Å². The third-order valence-electron chi connectivity index (χ3n) is 4.54. The van der Waals surface area contributed by atoms with E-state index in [4.69, 9.17) is 9.47 Å². The van der Waals surface area contributed by atoms with E-state index in [1.165, 1.54) is 4.90 Å². The second kappa shape index (κ2) is 11.9. The highest BCUT2D eigenvalue weighted by Crippen LogP contribution is 2.16. The topological polar surface area (TPSA) is 97.0 Å². The first kappa shape index (κ1) is 22.5. The van der Waals surface area contributed by atoms with Crippen molar-refractivity contribution in [1.82, 2.24) is 10.2 Å². The molecular weight excluding hydrogens is 374 g/mol. The summed E-state index contributed by atoms with van der Waals surface area (Å²) in [6.07, 6.45) is 2.65. The van der Waals surface area contributed by atoms with Gasteiger partial charge in [-0.2, -0.15) is 0 Å². The maximum Gasteiger partial charge on any atom is 0.308 e. The molecule has 0 radical (unpaired) electrons. The molecule has 1 aliphatic heterocycles. The highest BCUT2D eigenvalue weighted by molar-refractivity contribution is 5.93. The molecule has 160 valence electrons. The summed E-state index contributed by atoms with van der Waals surface area (Å²) in [6.45, 7) is 5.76. The number of piperazine rings is 1. The SMILES string of the molecule is CCCCOc1ccc(NCC(=O)N2CCNC(=O)C2CC(=O)OCCC)cc1. The summed E-state index contributed by atoms with van der Waals surface area (Å²) in [4.78, 5) is 38.2. The average molecular weight is 405 g/mol. The van der Waals surface area contributed by atoms with Gasteiger partial charge in [-0.25, -0.2) is 0 Å². The zero-order chi connectivity index (χ0) is 21.1. The molecule has 1 aromatic rings. The molecule has 1 aliphatic rings. The van der Waals surface area contributed by atoms with Crippen LogP contribution in [0.25, 0.3) is 0 Å². The van der Waals surface area contributed by atoms with Gasteiger partial charge in [0.25, 0.3) is 0 Å². The summed E-state index contributed by atoms with van der Waals surface area (Å²) in [5.41, 5.74) is 0.779. The van der Waals surface area contributed by atoms with Gasteiger partial charge in [-0.05, 0) is 37.1 Å². The highest BCUT2D eigenvalue weighted by Gasteiger charge is 2.34. The Morgan fingerprint density at radius 2 is 1.93 bits per heavy atom. The maximum absolute atomic E-state index is 12.7. The molecule has 1 atom stereocenters. The van der Waals surface area contributed by atoms with Crippen molar-refractivity contribution >= 4 is 23.5 Å². The lowest BCUT2D eigenvalue weighted by Crippen LogP contribution is -2.58. The van der Waals surface area contributed by atoms with E-state index >= 15 is 0 Å². The number of ether oxygens (including phenoxy) is 2. The van der Waals surface area contributed by atoms with Gasteiger partial charge in [0.2, 0.25) is 11.8 Å². The Balaban J connectivity index is 1.88. The third-order valence-corrected chi connectivity index (χ3v) is 4.54. The van der Waals surface area contributed by atoms with Crippen molar-refractivity contribution in [2.45, 2.75) is 45.6 Å². The Hall–Kier alpha value is -2.77. The van der Waals surface area contributed by atoms with E-state index in [0.29, 0.717) is 32.7 Å². The molecule has 0 bridgehead atoms. The van der Waals surface area contributed by atoms with Crippen LogP contribution >= 0.6 is 0 Å². The molecule has 1 fully saturated rings. The van der Waals surface area contributed by atoms with Gasteiger partial charge in [0.15, 0.2) is 0 Å². The highest BCUT2D eigenvalue weighted by atomic mass is 16.5. The average Bonchev–Trinajstić information content (AvgIpc) is 2.73. The van der Waals surface area contributed by atoms with Crippen LogP contribution in [-0.2, 0) is 19.1 Å². The van der Waals surface area contributed by atoms with Crippen LogP contribution in [0, 0.1) is 0 Å². The first-order valence-electron chi connectivity index (χ1n) is 10.2. The number of nitrogens with zero attached hydrogens (tertiary/aromatic N) is 1. The van der Waals surface area contributed by atoms with Crippen LogP contribution in [0.3, 0.4) is 0 Å². The van der Waals surface area contributed by atoms with Gasteiger partial charge in [-0.15, -0.1) is 0 Å². The number of rotatable bonds is 11. The number of anilines is 1. The van der Waals surface area contributed by atoms with Crippen molar-refractivity contribution in [3.05, 3.63) is 24.3 Å². The number of unbranched alkanes of at least 4 members (excludes halogenated alkanes) is 1. The lowest BCUT2D eigenvalue weighted by atomic mass is 10.1. The molecule has 8 nitrogen and oxygen atoms in total. The predicted molar refractivity (Wildman–Crippen MR) is 110 cm³/mol. The van der Waals surface area contributed by atoms with E-state index in [1.54, 1.807) is 0 Å². The van der Waals surface area contributed by atoms with Gasteiger partial charge in [0, 0.05) is 18.8 Å². The Kier molecular flexibility index (Phi) is 9.27. The predicted octanol–water partition coefficient (Wildman–Crippen LogP) is 1.95. The molecule has 2 amide bonds. The summed E-state index contributed by atoms with van der Waals surface area (Å²) in [5, 5.41) is 5.77. The lowest BCUT2D eigenvalue weighted by molar-refractivity contribution is -0.151. The molecule has 0 saturated carbocycles. The number of amides is 2. The number of hydrogen-bond donors (Lipinski definition) is 2. The molecule has 29 heavy (non-hydrogen) atoms. The van der Waals surface area contributed by atoms with Crippen molar-refractivity contribution in [3.63, 3.8) is 0 Å². The minimum absolute atomic E-state index is 0.0316. The maximum atomic E-state index is 12.7. The Morgan fingerprint density at radius 3 is 2.62 bits per heavy atom. The monoisotopic (exact) mass is 405 g/mol. The number of esters is 1. The van der Waals surface area contributed by atoms with E-state index in [-0.39, 0.29) is 24.8 Å². The second-order valence-electron chi connectivity index (χ2n) is 6.90. The zero-order valence-electron chi connectivity index (χ0n) is 17.2. The standard InChI is InChI=1S/C21H31N3O5/c1-3-5-13-28-17-8-6-16(7-9-17)23-15-19(25)24-11-10-22-21(27)18(24)14-20(26)29-12-4-2/h6-9,18,23H,3-5,10-15H2,1-2H3,(H,22,27). The number of carbonyl (C=O) groups excluding carboxylic acids is 3. The van der Waals surface area contributed by atoms with E-state index in [9.17, 15) is 14.4 Å². The van der Waals surface area contributed by atoms with E-state index in [1.807, 2.05) is 31.2 Å². The van der Waals surface area contributed by atoms with Crippen LogP contribution in [-0.4, -0.2) is 61.6 Å². The van der Waals surface area contributed by atoms with Gasteiger partial charge in [-0.1, -0.05) is 20.3 Å². The molecular formula is C21H31N3O5. The Bertz CT molecular complexity index is 677. The van der Waals surface area contributed by atoms with Gasteiger partial charge in [0.1, 0.15) is 11.8 Å². The number of hydrogen-bond acceptors (Lipinski definition) is 6. The molecule has 1 heterocycles. The molecule has 0 spiro atoms. The second-order valence-corrected chi connectivity index (χ2v) is 6.90. The van der Waals surface area contributed by atoms with E-state index in [2.05, 4.69) is 17.6 Å². The fourth-order valence-electron chi connectivity index (χ4n) is 2.93. The first-order chi connectivity index (χ1) is 14.0. The van der Waals surface area contributed by atoms with Gasteiger partial charge < -0.3 is 25.0 Å². The molecule has 0 aromatic heterocycles. The summed E-state index contributed by atoms with van der Waals surface area (Å²) >= 11 is 0. The van der Waals surface area contributed by atoms with Crippen molar-refractivity contribution < 1.29 is 23.9 Å². The number of benzene rings is 1. The number of nitrogens with one attached hydrogen (secondary N) is 2. The first-order valence-corrected chi connectivity index (χ1v) is 10.2. The zero-order valence-corrected chi connectivity index (χ0v) is 17.2. The van der Waals surface area contributed by atoms with Crippen molar-refractivity contribution in [1.29, 1.82) is 0 Å². The summed E-state index contributed by atoms with van der Waals surface area (Å²) in [6, 6.07) is 6.55. The lowest BCUT2D eigenvalue weighted by Gasteiger charge is -2.34. The summed E-state index contributed by atoms with van der Waals surface area (Å²) < 4.78 is 10.7. The van der Waals surface area contributed by atoms with Crippen molar-refractivity contribution in [2.24, 2.45) is 0 Å². The Labute approximate surface area is 171 Å². The van der Waals surface area contributed by atoms with Crippen LogP contribution < -0.4 is 15.4 Å². The van der Waals surface area contributed by atoms with E-state index < -0.39 is 12.0 Å². The minimum atomic E-state index is -0.836. The summed E-state index contributed by atoms with van der Waals surface area (Å²) in [5.74, 6) is -0.255. The smallest absolute Gasteiger partial charge is 0.308 e. The molecule has 8 heteroatoms. The van der Waals surface area contributed by atoms with Crippen LogP contribution in [0.2, 0.25) is 0 Å². The summed E-state index contributed by atoms with van der Waals surface area (Å²) in [7, 11) is 0. The molecule has 0 aliphatic carbocycles. The van der Waals surface area contributed by atoms with Crippen LogP contribution in [0.5, 0.6) is 5.75 Å². The van der Waals surface area contributed by atoms with Gasteiger partial charge >= 0.3 is 5.97 Å². The molecule has 2 N–H and O–H groups in total. The molecule has 2 rings (SSSR count). The quantitative estimate of drug-likeness (QED) is 0.431. The van der Waals surface area contributed by atoms with Crippen molar-refractivity contribution in [2.75, 3.05) is 38.2 Å². The third kappa shape index (κ3) is 7.29. The normalized spacial score (nSPS) is 16.1. The van der Waals surface area contributed by atoms with Gasteiger partial charge in [-0.3, -0.25) is 14.4 Å². The molecule has 1 aromatic carbocycles. The van der Waals surface area contributed by atoms with Crippen LogP contribution in [0.1, 0.15) is 39.5 Å². The van der Waals surface area contributed by atoms with Gasteiger partial charge in [0.05, 0.1) is 26.2 Å². The van der Waals surface area contributed by atoms with Crippen LogP contribution in [0.4, 0.5) is 5.69 Å². The fraction of sp³-hybridized carbons (Fsp3) is 0.571. The fourth-order valence-corrected chi connectivity index (χ4v) is 2.93. The Morgan fingerprint density at radius 1 is 1.17 bits per heavy atom. The molecule has 1 unspecified atom stereocenters.